The topological polar surface area (TPSA) is 37.3 Å². The van der Waals surface area contributed by atoms with Crippen LogP contribution < -0.4 is 0 Å². The number of aliphatic carboxylic acids is 1. The average molecular weight is 467 g/mol. The summed E-state index contributed by atoms with van der Waals surface area (Å²) in [5.74, 6) is 0.836. The minimum atomic E-state index is -1.59. The maximum Gasteiger partial charge on any atom is 0.313 e. The molecule has 0 aliphatic rings. The maximum absolute atomic E-state index is 9.29. The molecule has 0 unspecified atom stereocenters. The van der Waals surface area contributed by atoms with Crippen molar-refractivity contribution < 1.29 is 9.90 Å². The largest absolute Gasteiger partial charge is 0.481 e. The van der Waals surface area contributed by atoms with Gasteiger partial charge in [0, 0.05) is 0 Å². The first kappa shape index (κ1) is 26.8. The van der Waals surface area contributed by atoms with Gasteiger partial charge in [0.2, 0.25) is 0 Å². The van der Waals surface area contributed by atoms with Gasteiger partial charge in [-0.3, -0.25) is 4.79 Å². The molecule has 0 heterocycles. The molecule has 0 amide bonds. The fourth-order valence-electron chi connectivity index (χ4n) is 2.79. The van der Waals surface area contributed by atoms with E-state index in [-0.39, 0.29) is 5.75 Å². The van der Waals surface area contributed by atoms with E-state index in [4.69, 9.17) is 5.11 Å². The number of thiol groups is 1. The second kappa shape index (κ2) is 17.1. The summed E-state index contributed by atoms with van der Waals surface area (Å²) in [6.45, 7) is 9.39. The maximum atomic E-state index is 9.29. The van der Waals surface area contributed by atoms with Crippen LogP contribution in [0.15, 0.2) is 0 Å². The Bertz CT molecular complexity index is 271. The summed E-state index contributed by atoms with van der Waals surface area (Å²) >= 11 is 1.82. The fourth-order valence-corrected chi connectivity index (χ4v) is 10.4. The van der Waals surface area contributed by atoms with E-state index in [1.54, 1.807) is 8.87 Å². The number of hydrogen-bond donors (Lipinski definition) is 2. The van der Waals surface area contributed by atoms with E-state index >= 15 is 0 Å². The molecule has 4 heteroatoms. The van der Waals surface area contributed by atoms with E-state index in [0.717, 1.165) is 11.8 Å². The molecule has 24 heavy (non-hydrogen) atoms. The van der Waals surface area contributed by atoms with Crippen LogP contribution in [0, 0.1) is 11.8 Å². The average Bonchev–Trinajstić information content (AvgIpc) is 2.46. The van der Waals surface area contributed by atoms with Crippen molar-refractivity contribution in [1.29, 1.82) is 0 Å². The summed E-state index contributed by atoms with van der Waals surface area (Å²) in [5, 5.41) is 7.65. The number of unbranched alkanes of at least 4 members (excludes halogenated alkanes) is 4. The Balaban J connectivity index is 0. The summed E-state index contributed by atoms with van der Waals surface area (Å²) in [7, 11) is 0. The van der Waals surface area contributed by atoms with Gasteiger partial charge in [0.1, 0.15) is 0 Å². The summed E-state index contributed by atoms with van der Waals surface area (Å²) in [6, 6.07) is 0. The second-order valence-corrected chi connectivity index (χ2v) is 24.2. The molecule has 0 atom stereocenters. The van der Waals surface area contributed by atoms with Gasteiger partial charge in [0.15, 0.2) is 0 Å². The van der Waals surface area contributed by atoms with Gasteiger partial charge in [0.05, 0.1) is 5.75 Å². The van der Waals surface area contributed by atoms with E-state index in [9.17, 15) is 4.79 Å². The smallest absolute Gasteiger partial charge is 0.313 e. The van der Waals surface area contributed by atoms with Crippen molar-refractivity contribution >= 4 is 37.0 Å². The molecule has 0 aliphatic heterocycles. The molecule has 0 aromatic heterocycles. The molecule has 0 aromatic rings. The predicted octanol–water partition coefficient (Wildman–Crippen LogP) is 7.13. The zero-order valence-electron chi connectivity index (χ0n) is 17.2. The van der Waals surface area contributed by atoms with Gasteiger partial charge < -0.3 is 5.11 Å². The van der Waals surface area contributed by atoms with Gasteiger partial charge in [-0.25, -0.2) is 0 Å². The van der Waals surface area contributed by atoms with Gasteiger partial charge in [-0.2, -0.15) is 12.6 Å². The van der Waals surface area contributed by atoms with Crippen LogP contribution in [0.2, 0.25) is 18.8 Å². The molecule has 0 radical (unpaired) electrons. The van der Waals surface area contributed by atoms with E-state index < -0.39 is 24.3 Å². The van der Waals surface area contributed by atoms with Crippen LogP contribution in [0.25, 0.3) is 0 Å². The van der Waals surface area contributed by atoms with Crippen LogP contribution in [-0.2, 0) is 4.79 Å². The van der Waals surface area contributed by atoms with Crippen molar-refractivity contribution in [3.05, 3.63) is 0 Å². The Morgan fingerprint density at radius 1 is 0.833 bits per heavy atom. The Morgan fingerprint density at radius 2 is 1.17 bits per heavy atom. The van der Waals surface area contributed by atoms with E-state index in [1.807, 2.05) is 0 Å². The van der Waals surface area contributed by atoms with Gasteiger partial charge in [-0.1, -0.05) is 0 Å². The number of rotatable bonds is 13. The summed E-state index contributed by atoms with van der Waals surface area (Å²) < 4.78 is 3.27. The number of carboxylic acid groups (broad SMARTS) is 1. The molecular formula is C20H44O2SSn. The van der Waals surface area contributed by atoms with Gasteiger partial charge in [0.25, 0.3) is 0 Å². The standard InChI is InChI=1S/2C8H17.C2H4O2S.2CH3.Sn/c2*1-4-5-6-7-8(2)3;3-2(4)1-5;;;/h2*8H,1,4-7H2,2-3H3;5H,1H2,(H,3,4);2*1H3;. The van der Waals surface area contributed by atoms with Crippen molar-refractivity contribution in [2.24, 2.45) is 11.8 Å². The molecule has 0 saturated heterocycles. The first-order chi connectivity index (χ1) is 11.1. The third-order valence-corrected chi connectivity index (χ3v) is 14.4. The zero-order chi connectivity index (χ0) is 19.0. The molecule has 0 aliphatic carbocycles. The van der Waals surface area contributed by atoms with Crippen LogP contribution in [0.4, 0.5) is 0 Å². The van der Waals surface area contributed by atoms with Crippen LogP contribution in [0.5, 0.6) is 0 Å². The summed E-state index contributed by atoms with van der Waals surface area (Å²) in [6.07, 6.45) is 11.8. The minimum absolute atomic E-state index is 0.0833. The fraction of sp³-hybridized carbons (Fsp3) is 0.950. The predicted molar refractivity (Wildman–Crippen MR) is 115 cm³/mol. The summed E-state index contributed by atoms with van der Waals surface area (Å²) in [5.41, 5.74) is 0. The van der Waals surface area contributed by atoms with E-state index in [1.165, 1.54) is 51.4 Å². The molecular weight excluding hydrogens is 423 g/mol. The van der Waals surface area contributed by atoms with Gasteiger partial charge in [-0.05, 0) is 0 Å². The van der Waals surface area contributed by atoms with Crippen molar-refractivity contribution in [2.75, 3.05) is 5.75 Å². The number of carbonyl (C=O) groups is 1. The molecule has 2 nitrogen and oxygen atoms in total. The van der Waals surface area contributed by atoms with Crippen LogP contribution >= 0.6 is 12.6 Å². The van der Waals surface area contributed by atoms with E-state index in [0.29, 0.717) is 0 Å². The van der Waals surface area contributed by atoms with Gasteiger partial charge >= 0.3 is 134 Å². The Kier molecular flexibility index (Phi) is 19.1. The third kappa shape index (κ3) is 24.9. The zero-order valence-corrected chi connectivity index (χ0v) is 21.0. The summed E-state index contributed by atoms with van der Waals surface area (Å²) in [4.78, 5) is 14.7. The SMILES string of the molecule is CC(C)CCCC[CH2][Sn]([CH3])([CH3])[CH2]CCCCC(C)C.O=C(O)CS. The quantitative estimate of drug-likeness (QED) is 0.172. The second-order valence-electron chi connectivity index (χ2n) is 8.70. The molecule has 146 valence electrons. The first-order valence-corrected chi connectivity index (χ1v) is 20.3. The Morgan fingerprint density at radius 3 is 1.42 bits per heavy atom. The van der Waals surface area contributed by atoms with E-state index in [2.05, 4.69) is 50.2 Å². The van der Waals surface area contributed by atoms with Crippen molar-refractivity contribution in [1.82, 2.24) is 0 Å². The van der Waals surface area contributed by atoms with Crippen LogP contribution in [0.1, 0.15) is 79.1 Å². The van der Waals surface area contributed by atoms with Gasteiger partial charge in [-0.15, -0.1) is 0 Å². The van der Waals surface area contributed by atoms with Crippen molar-refractivity contribution in [2.45, 2.75) is 97.8 Å². The monoisotopic (exact) mass is 468 g/mol. The van der Waals surface area contributed by atoms with Crippen molar-refractivity contribution in [3.8, 4) is 0 Å². The van der Waals surface area contributed by atoms with Crippen LogP contribution in [-0.4, -0.2) is 35.2 Å². The molecule has 0 spiro atoms. The molecule has 0 rings (SSSR count). The van der Waals surface area contributed by atoms with Crippen LogP contribution in [0.3, 0.4) is 0 Å². The molecule has 1 N–H and O–H groups in total. The molecule has 0 bridgehead atoms. The molecule has 0 saturated carbocycles. The first-order valence-electron chi connectivity index (χ1n) is 9.93. The molecule has 0 aromatic carbocycles. The van der Waals surface area contributed by atoms with Crippen molar-refractivity contribution in [3.63, 3.8) is 0 Å². The third-order valence-electron chi connectivity index (χ3n) is 4.41. The number of hydrogen-bond acceptors (Lipinski definition) is 2. The minimum Gasteiger partial charge on any atom is -0.481 e. The molecule has 0 fully saturated rings. The normalized spacial score (nSPS) is 11.5. The Hall–Kier alpha value is 0.619. The number of carboxylic acids is 1. The Labute approximate surface area is 161 Å².